The molecule has 4 unspecified atom stereocenters. The molecule has 0 saturated heterocycles. The van der Waals surface area contributed by atoms with E-state index in [4.69, 9.17) is 14.7 Å². The second kappa shape index (κ2) is 11.4. The molecule has 8 rings (SSSR count). The van der Waals surface area contributed by atoms with E-state index in [1.807, 2.05) is 6.07 Å². The van der Waals surface area contributed by atoms with Crippen LogP contribution in [-0.2, 0) is 4.79 Å². The third-order valence-corrected chi connectivity index (χ3v) is 13.1. The van der Waals surface area contributed by atoms with Crippen LogP contribution in [0.1, 0.15) is 24.1 Å². The summed E-state index contributed by atoms with van der Waals surface area (Å²) in [7, 11) is 0. The Morgan fingerprint density at radius 2 is 1.76 bits per heavy atom. The summed E-state index contributed by atoms with van der Waals surface area (Å²) in [5.74, 6) is 2.33. The van der Waals surface area contributed by atoms with Crippen LogP contribution in [0.25, 0.3) is 35.7 Å². The highest BCUT2D eigenvalue weighted by Crippen LogP contribution is 2.57. The summed E-state index contributed by atoms with van der Waals surface area (Å²) in [5, 5.41) is 18.4. The van der Waals surface area contributed by atoms with Crippen molar-refractivity contribution in [3.63, 3.8) is 0 Å². The first-order valence-electron chi connectivity index (χ1n) is 15.2. The number of hydrogen-bond donors (Lipinski definition) is 1. The Labute approximate surface area is 273 Å². The minimum atomic E-state index is -1.22. The zero-order chi connectivity index (χ0) is 30.7. The molecular formula is C36H30N2O4S3. The average Bonchev–Trinajstić information content (AvgIpc) is 3.87. The molecule has 3 aromatic heterocycles. The van der Waals surface area contributed by atoms with Gasteiger partial charge in [0.2, 0.25) is 0 Å². The van der Waals surface area contributed by atoms with Crippen molar-refractivity contribution in [2.75, 3.05) is 24.7 Å². The van der Waals surface area contributed by atoms with E-state index in [0.717, 1.165) is 58.4 Å². The van der Waals surface area contributed by atoms with Crippen LogP contribution in [0.15, 0.2) is 78.4 Å². The Bertz CT molecular complexity index is 1940. The monoisotopic (exact) mass is 650 g/mol. The Morgan fingerprint density at radius 3 is 2.51 bits per heavy atom. The Kier molecular flexibility index (Phi) is 7.16. The number of rotatable bonds is 5. The Morgan fingerprint density at radius 1 is 1.00 bits per heavy atom. The van der Waals surface area contributed by atoms with Crippen LogP contribution in [0.4, 0.5) is 5.69 Å². The van der Waals surface area contributed by atoms with E-state index in [1.165, 1.54) is 47.9 Å². The van der Waals surface area contributed by atoms with E-state index in [9.17, 15) is 9.90 Å². The minimum Gasteiger partial charge on any atom is -0.485 e. The quantitative estimate of drug-likeness (QED) is 0.171. The lowest BCUT2D eigenvalue weighted by atomic mass is 9.79. The van der Waals surface area contributed by atoms with E-state index in [2.05, 4.69) is 66.1 Å². The predicted octanol–water partition coefficient (Wildman–Crippen LogP) is 9.02. The number of thiophene rings is 3. The van der Waals surface area contributed by atoms with Gasteiger partial charge in [-0.15, -0.1) is 34.0 Å². The maximum Gasteiger partial charge on any atom is 0.346 e. The van der Waals surface area contributed by atoms with Crippen molar-refractivity contribution in [1.29, 1.82) is 5.26 Å². The number of allylic oxidation sites excluding steroid dienone is 3. The van der Waals surface area contributed by atoms with Crippen molar-refractivity contribution in [2.24, 2.45) is 17.8 Å². The van der Waals surface area contributed by atoms with Gasteiger partial charge in [-0.1, -0.05) is 43.0 Å². The lowest BCUT2D eigenvalue weighted by Crippen LogP contribution is -2.45. The van der Waals surface area contributed by atoms with Gasteiger partial charge in [-0.2, -0.15) is 5.26 Å². The molecule has 0 spiro atoms. The standard InChI is InChI=1S/C36H30N2O4S3/c1-20-5-3-2-4-12-38(31-23-7-6-22(15-23)30(20)31)25-10-8-21(9-11-25)34-32-33(42-14-13-41-32)35(45-34)29-18-28-27(44-29)17-26(43-28)16-24(19-37)36(39)40/h2-5,8-11,16-18,22-23,30-31H,1,6-7,12-15H2,(H,39,40)/b4-2-,5-3-,24-16+. The highest BCUT2D eigenvalue weighted by atomic mass is 32.1. The van der Waals surface area contributed by atoms with Crippen LogP contribution >= 0.6 is 34.0 Å². The molecule has 0 radical (unpaired) electrons. The van der Waals surface area contributed by atoms with Gasteiger partial charge in [0.1, 0.15) is 24.9 Å². The molecule has 4 aliphatic rings. The minimum absolute atomic E-state index is 0.270. The first-order valence-corrected chi connectivity index (χ1v) is 17.6. The summed E-state index contributed by atoms with van der Waals surface area (Å²) in [5.41, 5.74) is 3.35. The number of benzene rings is 1. The van der Waals surface area contributed by atoms with Crippen molar-refractivity contribution in [2.45, 2.75) is 25.3 Å². The van der Waals surface area contributed by atoms with Crippen molar-refractivity contribution in [3.05, 3.63) is 83.3 Å². The zero-order valence-corrected chi connectivity index (χ0v) is 26.9. The lowest BCUT2D eigenvalue weighted by Gasteiger charge is -2.41. The maximum atomic E-state index is 11.3. The second-order valence-corrected chi connectivity index (χ2v) is 15.2. The normalized spacial score (nSPS) is 25.4. The molecule has 4 atom stereocenters. The molecule has 45 heavy (non-hydrogen) atoms. The molecule has 4 aromatic rings. The third kappa shape index (κ3) is 4.92. The van der Waals surface area contributed by atoms with Gasteiger partial charge in [0.15, 0.2) is 11.5 Å². The van der Waals surface area contributed by atoms with Crippen LogP contribution < -0.4 is 14.4 Å². The number of anilines is 1. The second-order valence-electron chi connectivity index (χ2n) is 12.0. The smallest absolute Gasteiger partial charge is 0.346 e. The van der Waals surface area contributed by atoms with E-state index >= 15 is 0 Å². The maximum absolute atomic E-state index is 11.3. The average molecular weight is 651 g/mol. The van der Waals surface area contributed by atoms with E-state index in [0.29, 0.717) is 31.1 Å². The van der Waals surface area contributed by atoms with Gasteiger partial charge in [-0.25, -0.2) is 4.79 Å². The number of fused-ring (bicyclic) bond motifs is 7. The number of nitriles is 1. The number of ether oxygens (including phenoxy) is 2. The predicted molar refractivity (Wildman–Crippen MR) is 184 cm³/mol. The summed E-state index contributed by atoms with van der Waals surface area (Å²) < 4.78 is 14.5. The van der Waals surface area contributed by atoms with Crippen LogP contribution in [0.5, 0.6) is 11.5 Å². The molecule has 6 nitrogen and oxygen atoms in total. The van der Waals surface area contributed by atoms with E-state index in [-0.39, 0.29) is 5.57 Å². The summed E-state index contributed by atoms with van der Waals surface area (Å²) in [4.78, 5) is 17.8. The van der Waals surface area contributed by atoms with E-state index < -0.39 is 5.97 Å². The fourth-order valence-electron chi connectivity index (χ4n) is 7.60. The number of carboxylic acids is 1. The Hall–Kier alpha value is -4.10. The summed E-state index contributed by atoms with van der Waals surface area (Å²) >= 11 is 4.80. The molecule has 226 valence electrons. The van der Waals surface area contributed by atoms with Gasteiger partial charge in [0.05, 0.1) is 14.6 Å². The number of aliphatic carboxylic acids is 1. The molecule has 2 bridgehead atoms. The first-order chi connectivity index (χ1) is 22.0. The van der Waals surface area contributed by atoms with Gasteiger partial charge >= 0.3 is 5.97 Å². The molecule has 2 fully saturated rings. The summed E-state index contributed by atoms with van der Waals surface area (Å²) in [6.07, 6.45) is 14.2. The van der Waals surface area contributed by atoms with Gasteiger partial charge in [0.25, 0.3) is 0 Å². The highest BCUT2D eigenvalue weighted by Gasteiger charge is 2.50. The number of carboxylic acid groups (broad SMARTS) is 1. The van der Waals surface area contributed by atoms with Gasteiger partial charge in [-0.05, 0) is 72.6 Å². The molecule has 1 aromatic carbocycles. The summed E-state index contributed by atoms with van der Waals surface area (Å²) in [6, 6.07) is 15.3. The van der Waals surface area contributed by atoms with E-state index in [1.54, 1.807) is 28.7 Å². The molecule has 1 N–H and O–H groups in total. The fraction of sp³-hybridized carbons (Fsp3) is 0.278. The molecule has 5 heterocycles. The number of carbonyl (C=O) groups is 1. The SMILES string of the molecule is C=C1/C=C\C=C/CN(c2ccc(-c3sc(-c4cc5sc(/C=C(\C#N)C(=O)O)cc5s4)c4c3OCCO4)cc2)C2C3CCC(C3)C12. The molecule has 2 aliphatic heterocycles. The zero-order valence-electron chi connectivity index (χ0n) is 24.4. The third-order valence-electron chi connectivity index (χ3n) is 9.47. The molecule has 2 aliphatic carbocycles. The summed E-state index contributed by atoms with van der Waals surface area (Å²) in [6.45, 7) is 6.40. The highest BCUT2D eigenvalue weighted by molar-refractivity contribution is 7.32. The lowest BCUT2D eigenvalue weighted by molar-refractivity contribution is -0.132. The molecule has 2 saturated carbocycles. The van der Waals surface area contributed by atoms with Crippen LogP contribution in [-0.4, -0.2) is 36.9 Å². The van der Waals surface area contributed by atoms with Crippen molar-refractivity contribution in [3.8, 4) is 37.8 Å². The van der Waals surface area contributed by atoms with Crippen LogP contribution in [0.2, 0.25) is 0 Å². The fourth-order valence-corrected chi connectivity index (χ4v) is 11.2. The molecule has 0 amide bonds. The van der Waals surface area contributed by atoms with Crippen LogP contribution in [0.3, 0.4) is 0 Å². The van der Waals surface area contributed by atoms with Crippen LogP contribution in [0, 0.1) is 29.1 Å². The first kappa shape index (κ1) is 28.4. The number of hydrogen-bond acceptors (Lipinski definition) is 8. The largest absolute Gasteiger partial charge is 0.485 e. The topological polar surface area (TPSA) is 82.8 Å². The van der Waals surface area contributed by atoms with Crippen molar-refractivity contribution >= 4 is 61.1 Å². The van der Waals surface area contributed by atoms with Crippen molar-refractivity contribution < 1.29 is 19.4 Å². The molecule has 9 heteroatoms. The molecular weight excluding hydrogens is 621 g/mol. The van der Waals surface area contributed by atoms with Gasteiger partial charge in [-0.3, -0.25) is 0 Å². The van der Waals surface area contributed by atoms with Gasteiger partial charge < -0.3 is 19.5 Å². The van der Waals surface area contributed by atoms with Gasteiger partial charge in [0, 0.05) is 38.5 Å². The van der Waals surface area contributed by atoms with Crippen molar-refractivity contribution in [1.82, 2.24) is 0 Å². The number of nitrogens with zero attached hydrogens (tertiary/aromatic N) is 2. The Balaban J connectivity index is 1.12.